The zero-order valence-corrected chi connectivity index (χ0v) is 18.5. The van der Waals surface area contributed by atoms with E-state index in [4.69, 9.17) is 20.2 Å². The normalized spacial score (nSPS) is 16.9. The number of ether oxygens (including phenoxy) is 2. The van der Waals surface area contributed by atoms with Crippen molar-refractivity contribution in [1.82, 2.24) is 4.90 Å². The van der Waals surface area contributed by atoms with Gasteiger partial charge >= 0.3 is 12.1 Å². The minimum Gasteiger partial charge on any atom is -0.460 e. The second-order valence-corrected chi connectivity index (χ2v) is 11.0. The van der Waals surface area contributed by atoms with E-state index >= 15 is 0 Å². The Balaban J connectivity index is 1.94. The van der Waals surface area contributed by atoms with Crippen molar-refractivity contribution >= 4 is 31.8 Å². The van der Waals surface area contributed by atoms with E-state index < -0.39 is 38.4 Å². The van der Waals surface area contributed by atoms with Crippen molar-refractivity contribution in [2.45, 2.75) is 45.8 Å². The van der Waals surface area contributed by atoms with Gasteiger partial charge in [-0.25, -0.2) is 13.2 Å². The van der Waals surface area contributed by atoms with Crippen LogP contribution < -0.4 is 0 Å². The average molecular weight is 446 g/mol. The summed E-state index contributed by atoms with van der Waals surface area (Å²) in [5.74, 6) is -2.16. The molecule has 0 bridgehead atoms. The molecule has 1 aliphatic heterocycles. The topological polar surface area (TPSA) is 90.0 Å². The first-order valence-corrected chi connectivity index (χ1v) is 12.0. The molecule has 1 unspecified atom stereocenters. The molecular weight excluding hydrogens is 418 g/mol. The molecule has 1 aromatic rings. The van der Waals surface area contributed by atoms with Gasteiger partial charge in [0, 0.05) is 23.8 Å². The molecule has 7 nitrogen and oxygen atoms in total. The van der Waals surface area contributed by atoms with Gasteiger partial charge in [0.15, 0.2) is 0 Å². The first kappa shape index (κ1) is 23.5. The van der Waals surface area contributed by atoms with Crippen LogP contribution in [0.4, 0.5) is 4.79 Å². The van der Waals surface area contributed by atoms with Gasteiger partial charge < -0.3 is 14.4 Å². The molecule has 1 aromatic carbocycles. The predicted octanol–water partition coefficient (Wildman–Crippen LogP) is 3.56. The van der Waals surface area contributed by atoms with Crippen LogP contribution in [0.25, 0.3) is 0 Å². The second kappa shape index (κ2) is 9.80. The SMILES string of the molecule is CC(C)(C)OC(=O)C(CS(=O)(=O)Cl)C1CCN(C(=O)OCc2ccccc2)CC1. The van der Waals surface area contributed by atoms with Crippen LogP contribution in [0.15, 0.2) is 30.3 Å². The van der Waals surface area contributed by atoms with Crippen LogP contribution >= 0.6 is 10.7 Å². The zero-order valence-electron chi connectivity index (χ0n) is 17.0. The van der Waals surface area contributed by atoms with Gasteiger partial charge in [-0.3, -0.25) is 4.79 Å². The third kappa shape index (κ3) is 8.22. The predicted molar refractivity (Wildman–Crippen MR) is 110 cm³/mol. The Morgan fingerprint density at radius 1 is 1.17 bits per heavy atom. The van der Waals surface area contributed by atoms with Crippen LogP contribution in [0.1, 0.15) is 39.2 Å². The highest BCUT2D eigenvalue weighted by Crippen LogP contribution is 2.30. The van der Waals surface area contributed by atoms with E-state index in [0.717, 1.165) is 5.56 Å². The highest BCUT2D eigenvalue weighted by atomic mass is 35.7. The summed E-state index contributed by atoms with van der Waals surface area (Å²) in [5, 5.41) is 0. The van der Waals surface area contributed by atoms with E-state index in [1.165, 1.54) is 0 Å². The van der Waals surface area contributed by atoms with Crippen molar-refractivity contribution in [3.63, 3.8) is 0 Å². The Kier molecular flexibility index (Phi) is 7.94. The monoisotopic (exact) mass is 445 g/mol. The van der Waals surface area contributed by atoms with Crippen LogP contribution in [0, 0.1) is 11.8 Å². The molecule has 1 aliphatic rings. The Morgan fingerprint density at radius 2 is 1.76 bits per heavy atom. The number of carbonyl (C=O) groups is 2. The summed E-state index contributed by atoms with van der Waals surface area (Å²) in [7, 11) is 1.54. The quantitative estimate of drug-likeness (QED) is 0.491. The Bertz CT molecular complexity index is 798. The smallest absolute Gasteiger partial charge is 0.410 e. The summed E-state index contributed by atoms with van der Waals surface area (Å²) >= 11 is 0. The molecule has 1 fully saturated rings. The molecule has 0 aliphatic carbocycles. The first-order chi connectivity index (χ1) is 13.4. The standard InChI is InChI=1S/C20H28ClNO6S/c1-20(2,3)28-18(23)17(14-29(21,25)26)16-9-11-22(12-10-16)19(24)27-13-15-7-5-4-6-8-15/h4-8,16-17H,9-14H2,1-3H3. The van der Waals surface area contributed by atoms with Gasteiger partial charge in [0.05, 0.1) is 11.7 Å². The molecule has 29 heavy (non-hydrogen) atoms. The number of hydrogen-bond acceptors (Lipinski definition) is 6. The lowest BCUT2D eigenvalue weighted by molar-refractivity contribution is -0.161. The molecule has 1 amide bonds. The summed E-state index contributed by atoms with van der Waals surface area (Å²) in [5.41, 5.74) is 0.168. The first-order valence-electron chi connectivity index (χ1n) is 9.55. The number of carbonyl (C=O) groups excluding carboxylic acids is 2. The van der Waals surface area contributed by atoms with Gasteiger partial charge in [0.1, 0.15) is 12.2 Å². The van der Waals surface area contributed by atoms with Crippen LogP contribution in [-0.4, -0.2) is 49.8 Å². The highest BCUT2D eigenvalue weighted by molar-refractivity contribution is 8.13. The minimum absolute atomic E-state index is 0.185. The maximum absolute atomic E-state index is 12.6. The Morgan fingerprint density at radius 3 is 2.28 bits per heavy atom. The number of hydrogen-bond donors (Lipinski definition) is 0. The fraction of sp³-hybridized carbons (Fsp3) is 0.600. The van der Waals surface area contributed by atoms with Crippen LogP contribution in [0.2, 0.25) is 0 Å². The molecule has 0 aromatic heterocycles. The minimum atomic E-state index is -3.88. The van der Waals surface area contributed by atoms with Crippen molar-refractivity contribution in [2.75, 3.05) is 18.8 Å². The summed E-state index contributed by atoms with van der Waals surface area (Å²) in [6.07, 6.45) is 0.513. The molecular formula is C20H28ClNO6S. The van der Waals surface area contributed by atoms with Gasteiger partial charge in [-0.1, -0.05) is 30.3 Å². The van der Waals surface area contributed by atoms with E-state index in [1.807, 2.05) is 30.3 Å². The van der Waals surface area contributed by atoms with Crippen molar-refractivity contribution in [3.05, 3.63) is 35.9 Å². The molecule has 1 heterocycles. The lowest BCUT2D eigenvalue weighted by atomic mass is 9.85. The van der Waals surface area contributed by atoms with Gasteiger partial charge in [-0.05, 0) is 45.1 Å². The maximum Gasteiger partial charge on any atom is 0.410 e. The molecule has 0 N–H and O–H groups in total. The second-order valence-electron chi connectivity index (χ2n) is 8.21. The number of esters is 1. The Labute approximate surface area is 176 Å². The third-order valence-corrected chi connectivity index (χ3v) is 5.80. The Hall–Kier alpha value is -1.80. The molecule has 2 rings (SSSR count). The number of rotatable bonds is 6. The number of amides is 1. The molecule has 0 saturated carbocycles. The third-order valence-electron chi connectivity index (χ3n) is 4.66. The summed E-state index contributed by atoms with van der Waals surface area (Å²) in [6.45, 7) is 6.11. The molecule has 0 radical (unpaired) electrons. The summed E-state index contributed by atoms with van der Waals surface area (Å²) in [6, 6.07) is 9.38. The fourth-order valence-electron chi connectivity index (χ4n) is 3.28. The number of halogens is 1. The van der Waals surface area contributed by atoms with Crippen molar-refractivity contribution in [2.24, 2.45) is 11.8 Å². The van der Waals surface area contributed by atoms with E-state index in [1.54, 1.807) is 25.7 Å². The molecule has 1 saturated heterocycles. The zero-order chi connectivity index (χ0) is 21.7. The average Bonchev–Trinajstić information content (AvgIpc) is 2.63. The molecule has 162 valence electrons. The largest absolute Gasteiger partial charge is 0.460 e. The molecule has 0 spiro atoms. The van der Waals surface area contributed by atoms with Gasteiger partial charge in [0.2, 0.25) is 9.05 Å². The molecule has 9 heteroatoms. The number of likely N-dealkylation sites (tertiary alicyclic amines) is 1. The van der Waals surface area contributed by atoms with Crippen molar-refractivity contribution < 1.29 is 27.5 Å². The van der Waals surface area contributed by atoms with E-state index in [0.29, 0.717) is 25.9 Å². The van der Waals surface area contributed by atoms with E-state index in [2.05, 4.69) is 0 Å². The number of nitrogens with zero attached hydrogens (tertiary/aromatic N) is 1. The summed E-state index contributed by atoms with van der Waals surface area (Å²) in [4.78, 5) is 26.4. The lowest BCUT2D eigenvalue weighted by Gasteiger charge is -2.35. The number of benzene rings is 1. The fourth-order valence-corrected chi connectivity index (χ4v) is 4.53. The van der Waals surface area contributed by atoms with Gasteiger partial charge in [-0.15, -0.1) is 0 Å². The maximum atomic E-state index is 12.6. The van der Waals surface area contributed by atoms with E-state index in [9.17, 15) is 18.0 Å². The van der Waals surface area contributed by atoms with E-state index in [-0.39, 0.29) is 12.5 Å². The number of piperidine rings is 1. The molecule has 1 atom stereocenters. The van der Waals surface area contributed by atoms with Crippen molar-refractivity contribution in [1.29, 1.82) is 0 Å². The lowest BCUT2D eigenvalue weighted by Crippen LogP contribution is -2.44. The van der Waals surface area contributed by atoms with Gasteiger partial charge in [-0.2, -0.15) is 0 Å². The summed E-state index contributed by atoms with van der Waals surface area (Å²) < 4.78 is 34.0. The van der Waals surface area contributed by atoms with Gasteiger partial charge in [0.25, 0.3) is 0 Å². The van der Waals surface area contributed by atoms with Crippen LogP contribution in [0.5, 0.6) is 0 Å². The highest BCUT2D eigenvalue weighted by Gasteiger charge is 2.38. The van der Waals surface area contributed by atoms with Crippen LogP contribution in [-0.2, 0) is 29.9 Å². The van der Waals surface area contributed by atoms with Crippen molar-refractivity contribution in [3.8, 4) is 0 Å². The van der Waals surface area contributed by atoms with Crippen LogP contribution in [0.3, 0.4) is 0 Å².